The van der Waals surface area contributed by atoms with E-state index in [1.165, 1.54) is 30.3 Å². The summed E-state index contributed by atoms with van der Waals surface area (Å²) in [6, 6.07) is 9.15. The maximum absolute atomic E-state index is 12.9. The van der Waals surface area contributed by atoms with Gasteiger partial charge in [0.15, 0.2) is 0 Å². The number of hydrogen-bond donors (Lipinski definition) is 2. The number of benzene rings is 2. The summed E-state index contributed by atoms with van der Waals surface area (Å²) >= 11 is 5.94. The van der Waals surface area contributed by atoms with Crippen LogP contribution in [0.2, 0.25) is 5.02 Å². The Morgan fingerprint density at radius 3 is 2.54 bits per heavy atom. The molecule has 0 spiro atoms. The van der Waals surface area contributed by atoms with Gasteiger partial charge in [-0.3, -0.25) is 14.9 Å². The van der Waals surface area contributed by atoms with Crippen LogP contribution >= 0.6 is 11.6 Å². The van der Waals surface area contributed by atoms with Crippen LogP contribution in [0.3, 0.4) is 0 Å². The number of H-pyrrole nitrogens is 1. The summed E-state index contributed by atoms with van der Waals surface area (Å²) in [5.74, 6) is -1.36. The number of carboxylic acid groups (broad SMARTS) is 1. The van der Waals surface area contributed by atoms with E-state index in [4.69, 9.17) is 11.6 Å². The molecule has 2 heterocycles. The normalized spacial score (nSPS) is 11.2. The third-order valence-corrected chi connectivity index (χ3v) is 4.46. The zero-order valence-electron chi connectivity index (χ0n) is 13.7. The minimum Gasteiger partial charge on any atom is -0.477 e. The summed E-state index contributed by atoms with van der Waals surface area (Å²) in [7, 11) is 0. The predicted octanol–water partition coefficient (Wildman–Crippen LogP) is 2.22. The lowest BCUT2D eigenvalue weighted by atomic mass is 10.2. The fourth-order valence-corrected chi connectivity index (χ4v) is 3.21. The van der Waals surface area contributed by atoms with Crippen molar-refractivity contribution >= 4 is 45.1 Å². The standard InChI is InChI=1S/C17H9ClN4O6/c18-9-1-4-13-8(5-9)6-14(16(24)25)20(13)21-15(23)11-3-2-10(22(27)28)7-12(11)19-17(21)26/h1-7H,(H,19,26)(H,24,25). The van der Waals surface area contributed by atoms with Crippen LogP contribution in [-0.4, -0.2) is 30.3 Å². The van der Waals surface area contributed by atoms with E-state index in [0.29, 0.717) is 15.1 Å². The fraction of sp³-hybridized carbons (Fsp3) is 0. The van der Waals surface area contributed by atoms with Crippen molar-refractivity contribution in [3.05, 3.63) is 84.1 Å². The van der Waals surface area contributed by atoms with E-state index < -0.39 is 22.1 Å². The molecule has 0 saturated carbocycles. The van der Waals surface area contributed by atoms with E-state index in [2.05, 4.69) is 4.98 Å². The molecule has 10 nitrogen and oxygen atoms in total. The van der Waals surface area contributed by atoms with Crippen molar-refractivity contribution in [3.8, 4) is 0 Å². The van der Waals surface area contributed by atoms with Crippen molar-refractivity contribution in [2.24, 2.45) is 0 Å². The van der Waals surface area contributed by atoms with Crippen LogP contribution in [0.5, 0.6) is 0 Å². The Labute approximate surface area is 158 Å². The SMILES string of the molecule is O=C(O)c1cc2cc(Cl)ccc2n1-n1c(=O)[nH]c2cc([N+](=O)[O-])ccc2c1=O. The van der Waals surface area contributed by atoms with Crippen molar-refractivity contribution in [2.75, 3.05) is 0 Å². The summed E-state index contributed by atoms with van der Waals surface area (Å²) in [5, 5.41) is 21.2. The number of carboxylic acids is 1. The maximum atomic E-state index is 12.9. The van der Waals surface area contributed by atoms with Crippen LogP contribution in [0, 0.1) is 10.1 Å². The van der Waals surface area contributed by atoms with Crippen LogP contribution in [0.15, 0.2) is 52.1 Å². The second-order valence-corrected chi connectivity index (χ2v) is 6.32. The highest BCUT2D eigenvalue weighted by Gasteiger charge is 2.21. The summed E-state index contributed by atoms with van der Waals surface area (Å²) in [6.45, 7) is 0. The second kappa shape index (κ2) is 6.06. The number of aromatic carboxylic acids is 1. The molecule has 11 heteroatoms. The molecule has 0 amide bonds. The minimum atomic E-state index is -1.36. The van der Waals surface area contributed by atoms with Gasteiger partial charge in [-0.1, -0.05) is 11.6 Å². The lowest BCUT2D eigenvalue weighted by Crippen LogP contribution is -2.40. The third kappa shape index (κ3) is 2.55. The first-order chi connectivity index (χ1) is 13.3. The summed E-state index contributed by atoms with van der Waals surface area (Å²) in [4.78, 5) is 49.9. The molecule has 2 N–H and O–H groups in total. The van der Waals surface area contributed by atoms with Gasteiger partial charge in [-0.05, 0) is 30.3 Å². The first-order valence-corrected chi connectivity index (χ1v) is 8.14. The number of nitrogens with zero attached hydrogens (tertiary/aromatic N) is 3. The van der Waals surface area contributed by atoms with Gasteiger partial charge in [-0.15, -0.1) is 0 Å². The number of hydrogen-bond acceptors (Lipinski definition) is 5. The highest BCUT2D eigenvalue weighted by Crippen LogP contribution is 2.23. The lowest BCUT2D eigenvalue weighted by Gasteiger charge is -2.11. The number of carbonyl (C=O) groups is 1. The summed E-state index contributed by atoms with van der Waals surface area (Å²) < 4.78 is 1.60. The Bertz CT molecular complexity index is 1430. The molecule has 0 radical (unpaired) electrons. The zero-order chi connectivity index (χ0) is 20.2. The van der Waals surface area contributed by atoms with E-state index in [0.717, 1.165) is 16.8 Å². The predicted molar refractivity (Wildman–Crippen MR) is 100 cm³/mol. The molecule has 28 heavy (non-hydrogen) atoms. The minimum absolute atomic E-state index is 0.0163. The number of non-ortho nitro benzene ring substituents is 1. The van der Waals surface area contributed by atoms with Gasteiger partial charge in [0.05, 0.1) is 21.3 Å². The van der Waals surface area contributed by atoms with Crippen molar-refractivity contribution in [1.29, 1.82) is 0 Å². The van der Waals surface area contributed by atoms with Gasteiger partial charge in [0, 0.05) is 22.5 Å². The van der Waals surface area contributed by atoms with Crippen LogP contribution in [0.4, 0.5) is 5.69 Å². The Hall–Kier alpha value is -3.92. The molecule has 0 atom stereocenters. The van der Waals surface area contributed by atoms with E-state index in [-0.39, 0.29) is 27.8 Å². The van der Waals surface area contributed by atoms with Crippen LogP contribution in [0.25, 0.3) is 21.8 Å². The average molecular weight is 401 g/mol. The topological polar surface area (TPSA) is 140 Å². The Morgan fingerprint density at radius 1 is 1.11 bits per heavy atom. The van der Waals surface area contributed by atoms with Crippen molar-refractivity contribution in [1.82, 2.24) is 14.3 Å². The van der Waals surface area contributed by atoms with Crippen molar-refractivity contribution < 1.29 is 14.8 Å². The molecule has 0 aliphatic rings. The molecule has 2 aromatic carbocycles. The summed E-state index contributed by atoms with van der Waals surface area (Å²) in [6.07, 6.45) is 0. The highest BCUT2D eigenvalue weighted by atomic mass is 35.5. The Kier molecular flexibility index (Phi) is 3.79. The van der Waals surface area contributed by atoms with E-state index in [1.54, 1.807) is 0 Å². The van der Waals surface area contributed by atoms with Gasteiger partial charge in [0.2, 0.25) is 0 Å². The molecular weight excluding hydrogens is 392 g/mol. The lowest BCUT2D eigenvalue weighted by molar-refractivity contribution is -0.384. The van der Waals surface area contributed by atoms with Gasteiger partial charge in [0.1, 0.15) is 5.69 Å². The third-order valence-electron chi connectivity index (χ3n) is 4.23. The Morgan fingerprint density at radius 2 is 1.86 bits per heavy atom. The number of nitrogens with one attached hydrogen (secondary N) is 1. The second-order valence-electron chi connectivity index (χ2n) is 5.88. The number of nitro groups is 1. The quantitative estimate of drug-likeness (QED) is 0.399. The molecule has 0 bridgehead atoms. The molecule has 4 aromatic rings. The van der Waals surface area contributed by atoms with Crippen LogP contribution in [-0.2, 0) is 0 Å². The maximum Gasteiger partial charge on any atom is 0.354 e. The van der Waals surface area contributed by atoms with Gasteiger partial charge in [-0.25, -0.2) is 14.3 Å². The number of aromatic amines is 1. The van der Waals surface area contributed by atoms with Gasteiger partial charge >= 0.3 is 11.7 Å². The smallest absolute Gasteiger partial charge is 0.354 e. The molecule has 4 rings (SSSR count). The summed E-state index contributed by atoms with van der Waals surface area (Å²) in [5.41, 5.74) is -2.16. The number of halogens is 1. The molecular formula is C17H9ClN4O6. The van der Waals surface area contributed by atoms with Crippen molar-refractivity contribution in [3.63, 3.8) is 0 Å². The molecule has 0 aliphatic heterocycles. The molecule has 140 valence electrons. The van der Waals surface area contributed by atoms with Crippen molar-refractivity contribution in [2.45, 2.75) is 0 Å². The molecule has 0 aliphatic carbocycles. The zero-order valence-corrected chi connectivity index (χ0v) is 14.5. The highest BCUT2D eigenvalue weighted by molar-refractivity contribution is 6.31. The number of aromatic nitrogens is 3. The number of rotatable bonds is 3. The molecule has 2 aromatic heterocycles. The molecule has 0 saturated heterocycles. The Balaban J connectivity index is 2.13. The number of nitro benzene ring substituents is 1. The molecule has 0 fully saturated rings. The van der Waals surface area contributed by atoms with Gasteiger partial charge in [0.25, 0.3) is 11.2 Å². The van der Waals surface area contributed by atoms with E-state index >= 15 is 0 Å². The van der Waals surface area contributed by atoms with Gasteiger partial charge < -0.3 is 10.1 Å². The van der Waals surface area contributed by atoms with E-state index in [9.17, 15) is 29.6 Å². The van der Waals surface area contributed by atoms with Crippen LogP contribution < -0.4 is 11.2 Å². The average Bonchev–Trinajstić information content (AvgIpc) is 2.99. The van der Waals surface area contributed by atoms with Crippen LogP contribution in [0.1, 0.15) is 10.5 Å². The monoisotopic (exact) mass is 400 g/mol. The number of fused-ring (bicyclic) bond motifs is 2. The molecule has 0 unspecified atom stereocenters. The largest absolute Gasteiger partial charge is 0.477 e. The van der Waals surface area contributed by atoms with E-state index in [1.807, 2.05) is 0 Å². The van der Waals surface area contributed by atoms with Gasteiger partial charge in [-0.2, -0.15) is 4.68 Å². The first-order valence-electron chi connectivity index (χ1n) is 7.76. The fourth-order valence-electron chi connectivity index (χ4n) is 3.03. The first kappa shape index (κ1) is 17.5.